The highest BCUT2D eigenvalue weighted by atomic mass is 16.5. The van der Waals surface area contributed by atoms with Crippen molar-refractivity contribution in [3.63, 3.8) is 0 Å². The number of hydrogen-bond donors (Lipinski definition) is 0. The number of rotatable bonds is 5. The molecule has 0 aliphatic carbocycles. The Morgan fingerprint density at radius 3 is 2.82 bits per heavy atom. The van der Waals surface area contributed by atoms with Gasteiger partial charge < -0.3 is 18.6 Å². The summed E-state index contributed by atoms with van der Waals surface area (Å²) in [5.74, 6) is 0.936. The average molecular weight is 449 g/mol. The van der Waals surface area contributed by atoms with Gasteiger partial charge in [-0.1, -0.05) is 19.4 Å². The first-order chi connectivity index (χ1) is 15.9. The standard InChI is InChI=1S/C26H28N2O5/c1-3-5-18-11-25(31)33-22-9-16(2)8-21(26(18)22)32-15-24(30)27-12-17-10-19(14-27)20-6-4-7-23(29)28(20)13-17/h4,6-9,11,17,19H,3,5,10,12-15H2,1-2H3/t17-,19+/m0/s1. The first-order valence-electron chi connectivity index (χ1n) is 11.6. The Kier molecular flexibility index (Phi) is 5.56. The number of aryl methyl sites for hydroxylation is 2. The fraction of sp³-hybridized carbons (Fsp3) is 0.423. The molecule has 1 aromatic carbocycles. The first-order valence-corrected chi connectivity index (χ1v) is 11.6. The van der Waals surface area contributed by atoms with E-state index < -0.39 is 0 Å². The highest BCUT2D eigenvalue weighted by Crippen LogP contribution is 2.35. The van der Waals surface area contributed by atoms with E-state index in [0.29, 0.717) is 31.0 Å². The summed E-state index contributed by atoms with van der Waals surface area (Å²) in [6, 6.07) is 10.6. The average Bonchev–Trinajstić information content (AvgIpc) is 2.77. The number of carbonyl (C=O) groups excluding carboxylic acids is 1. The van der Waals surface area contributed by atoms with E-state index >= 15 is 0 Å². The molecule has 2 atom stereocenters. The fourth-order valence-electron chi connectivity index (χ4n) is 5.38. The molecule has 1 fully saturated rings. The molecule has 2 aliphatic heterocycles. The normalized spacial score (nSPS) is 19.4. The molecule has 0 saturated carbocycles. The minimum Gasteiger partial charge on any atom is -0.483 e. The van der Waals surface area contributed by atoms with Crippen molar-refractivity contribution in [2.24, 2.45) is 5.92 Å². The molecule has 2 bridgehead atoms. The summed E-state index contributed by atoms with van der Waals surface area (Å²) in [5.41, 5.74) is 2.94. The summed E-state index contributed by atoms with van der Waals surface area (Å²) in [6.45, 7) is 5.75. The van der Waals surface area contributed by atoms with E-state index in [1.54, 1.807) is 12.1 Å². The molecular weight excluding hydrogens is 420 g/mol. The predicted molar refractivity (Wildman–Crippen MR) is 125 cm³/mol. The van der Waals surface area contributed by atoms with Crippen molar-refractivity contribution >= 4 is 16.9 Å². The number of nitrogens with zero attached hydrogens (tertiary/aromatic N) is 2. The van der Waals surface area contributed by atoms with E-state index in [1.807, 2.05) is 34.6 Å². The molecular formula is C26H28N2O5. The number of fused-ring (bicyclic) bond motifs is 5. The lowest BCUT2D eigenvalue weighted by molar-refractivity contribution is -0.136. The maximum atomic E-state index is 13.1. The molecule has 0 radical (unpaired) electrons. The van der Waals surface area contributed by atoms with Crippen molar-refractivity contribution in [2.75, 3.05) is 19.7 Å². The number of carbonyl (C=O) groups is 1. The maximum Gasteiger partial charge on any atom is 0.336 e. The van der Waals surface area contributed by atoms with Crippen LogP contribution in [-0.4, -0.2) is 35.1 Å². The van der Waals surface area contributed by atoms with E-state index in [-0.39, 0.29) is 35.5 Å². The molecule has 4 heterocycles. The van der Waals surface area contributed by atoms with Gasteiger partial charge in [0.15, 0.2) is 6.61 Å². The number of pyridine rings is 1. The molecule has 5 rings (SSSR count). The second-order valence-corrected chi connectivity index (χ2v) is 9.26. The lowest BCUT2D eigenvalue weighted by atomic mass is 9.83. The molecule has 1 amide bonds. The van der Waals surface area contributed by atoms with Crippen LogP contribution in [0, 0.1) is 12.8 Å². The van der Waals surface area contributed by atoms with Crippen molar-refractivity contribution in [3.05, 3.63) is 74.0 Å². The van der Waals surface area contributed by atoms with Gasteiger partial charge in [0.25, 0.3) is 11.5 Å². The third-order valence-corrected chi connectivity index (χ3v) is 6.74. The predicted octanol–water partition coefficient (Wildman–Crippen LogP) is 3.24. The highest BCUT2D eigenvalue weighted by Gasteiger charge is 2.36. The molecule has 7 heteroatoms. The zero-order valence-corrected chi connectivity index (χ0v) is 19.0. The number of amides is 1. The van der Waals surface area contributed by atoms with E-state index in [0.717, 1.165) is 41.5 Å². The Morgan fingerprint density at radius 1 is 1.15 bits per heavy atom. The van der Waals surface area contributed by atoms with Crippen LogP contribution in [0.1, 0.15) is 42.5 Å². The lowest BCUT2D eigenvalue weighted by Gasteiger charge is -2.42. The van der Waals surface area contributed by atoms with Gasteiger partial charge in [0.1, 0.15) is 11.3 Å². The summed E-state index contributed by atoms with van der Waals surface area (Å²) in [6.07, 6.45) is 2.60. The fourth-order valence-corrected chi connectivity index (χ4v) is 5.38. The first kappa shape index (κ1) is 21.5. The molecule has 2 aromatic heterocycles. The minimum absolute atomic E-state index is 0.0335. The highest BCUT2D eigenvalue weighted by molar-refractivity contribution is 5.88. The Labute approximate surface area is 191 Å². The molecule has 33 heavy (non-hydrogen) atoms. The van der Waals surface area contributed by atoms with Gasteiger partial charge in [0, 0.05) is 43.4 Å². The number of likely N-dealkylation sites (tertiary alicyclic amines) is 1. The molecule has 0 N–H and O–H groups in total. The summed E-state index contributed by atoms with van der Waals surface area (Å²) in [7, 11) is 0. The van der Waals surface area contributed by atoms with E-state index in [2.05, 4.69) is 6.92 Å². The Hall–Kier alpha value is -3.35. The minimum atomic E-state index is -0.377. The van der Waals surface area contributed by atoms with Gasteiger partial charge in [-0.3, -0.25) is 9.59 Å². The van der Waals surface area contributed by atoms with Crippen LogP contribution in [0.2, 0.25) is 0 Å². The topological polar surface area (TPSA) is 81.8 Å². The zero-order chi connectivity index (χ0) is 23.1. The molecule has 0 unspecified atom stereocenters. The molecule has 1 saturated heterocycles. The van der Waals surface area contributed by atoms with Crippen LogP contribution in [0.4, 0.5) is 0 Å². The van der Waals surface area contributed by atoms with Gasteiger partial charge in [-0.25, -0.2) is 4.79 Å². The van der Waals surface area contributed by atoms with Crippen molar-refractivity contribution in [3.8, 4) is 5.75 Å². The van der Waals surface area contributed by atoms with Crippen LogP contribution >= 0.6 is 0 Å². The number of aromatic nitrogens is 1. The third-order valence-electron chi connectivity index (χ3n) is 6.74. The van der Waals surface area contributed by atoms with Crippen molar-refractivity contribution in [1.29, 1.82) is 0 Å². The molecule has 0 spiro atoms. The molecule has 7 nitrogen and oxygen atoms in total. The largest absolute Gasteiger partial charge is 0.483 e. The van der Waals surface area contributed by atoms with Crippen LogP contribution in [0.25, 0.3) is 11.0 Å². The molecule has 2 aliphatic rings. The monoisotopic (exact) mass is 448 g/mol. The van der Waals surface area contributed by atoms with Gasteiger partial charge in [0.05, 0.1) is 5.39 Å². The van der Waals surface area contributed by atoms with Crippen LogP contribution in [0.15, 0.2) is 50.4 Å². The summed E-state index contributed by atoms with van der Waals surface area (Å²) in [5, 5.41) is 0.763. The van der Waals surface area contributed by atoms with Gasteiger partial charge in [-0.2, -0.15) is 0 Å². The van der Waals surface area contributed by atoms with Crippen LogP contribution in [-0.2, 0) is 17.8 Å². The maximum absolute atomic E-state index is 13.1. The van der Waals surface area contributed by atoms with Gasteiger partial charge in [-0.15, -0.1) is 0 Å². The number of benzene rings is 1. The summed E-state index contributed by atoms with van der Waals surface area (Å²) >= 11 is 0. The smallest absolute Gasteiger partial charge is 0.336 e. The molecule has 3 aromatic rings. The van der Waals surface area contributed by atoms with Gasteiger partial charge >= 0.3 is 5.63 Å². The molecule has 172 valence electrons. The zero-order valence-electron chi connectivity index (χ0n) is 19.0. The van der Waals surface area contributed by atoms with E-state index in [1.165, 1.54) is 6.07 Å². The van der Waals surface area contributed by atoms with Crippen molar-refractivity contribution < 1.29 is 13.9 Å². The van der Waals surface area contributed by atoms with Gasteiger partial charge in [0.2, 0.25) is 0 Å². The Morgan fingerprint density at radius 2 is 2.00 bits per heavy atom. The van der Waals surface area contributed by atoms with Crippen LogP contribution in [0.3, 0.4) is 0 Å². The third kappa shape index (κ3) is 4.08. The summed E-state index contributed by atoms with van der Waals surface area (Å²) < 4.78 is 13.3. The van der Waals surface area contributed by atoms with E-state index in [9.17, 15) is 14.4 Å². The van der Waals surface area contributed by atoms with Crippen molar-refractivity contribution in [2.45, 2.75) is 45.6 Å². The number of piperidine rings is 1. The second kappa shape index (κ2) is 8.54. The van der Waals surface area contributed by atoms with Crippen LogP contribution < -0.4 is 15.9 Å². The van der Waals surface area contributed by atoms with Gasteiger partial charge in [-0.05, 0) is 55.0 Å². The lowest BCUT2D eigenvalue weighted by Crippen LogP contribution is -2.50. The number of hydrogen-bond acceptors (Lipinski definition) is 5. The Balaban J connectivity index is 1.37. The second-order valence-electron chi connectivity index (χ2n) is 9.26. The number of ether oxygens (including phenoxy) is 1. The van der Waals surface area contributed by atoms with Crippen molar-refractivity contribution in [1.82, 2.24) is 9.47 Å². The quantitative estimate of drug-likeness (QED) is 0.560. The SMILES string of the molecule is CCCc1cc(=O)oc2cc(C)cc(OCC(=O)N3C[C@@H]4C[C@H](C3)c3cccc(=O)n3C4)c12. The summed E-state index contributed by atoms with van der Waals surface area (Å²) in [4.78, 5) is 39.2. The Bertz CT molecular complexity index is 1340. The van der Waals surface area contributed by atoms with E-state index in [4.69, 9.17) is 9.15 Å². The van der Waals surface area contributed by atoms with Crippen LogP contribution in [0.5, 0.6) is 5.75 Å².